The molecular weight excluding hydrogens is 340 g/mol. The van der Waals surface area contributed by atoms with Crippen molar-refractivity contribution in [3.8, 4) is 18.1 Å². The molecule has 2 aromatic carbocycles. The Morgan fingerprint density at radius 2 is 2.00 bits per heavy atom. The number of para-hydroxylation sites is 1. The first-order valence-corrected chi connectivity index (χ1v) is 7.93. The second-order valence-electron chi connectivity index (χ2n) is 5.18. The second-order valence-corrected chi connectivity index (χ2v) is 5.59. The molecule has 0 fully saturated rings. The number of benzene rings is 2. The summed E-state index contributed by atoms with van der Waals surface area (Å²) in [6, 6.07) is 13.7. The molecule has 6 heteroatoms. The first kappa shape index (κ1) is 18.4. The van der Waals surface area contributed by atoms with Gasteiger partial charge in [-0.3, -0.25) is 9.59 Å². The first-order valence-electron chi connectivity index (χ1n) is 7.55. The molecule has 0 aliphatic rings. The van der Waals surface area contributed by atoms with Gasteiger partial charge in [0, 0.05) is 11.3 Å². The second kappa shape index (κ2) is 8.76. The van der Waals surface area contributed by atoms with E-state index in [1.165, 1.54) is 0 Å². The molecule has 2 rings (SSSR count). The molecule has 2 N–H and O–H groups in total. The Bertz CT molecular complexity index is 814. The number of rotatable bonds is 6. The standard InChI is InChI=1S/C19H17ClN2O3/c1-3-14-7-6-8-15(11-14)22-18(23)12-21-19(24)13(2)25-17-10-5-4-9-16(17)20/h1,4-11,13H,12H2,2H3,(H,21,24)(H,22,23)/t13-/m0/s1. The molecule has 25 heavy (non-hydrogen) atoms. The number of ether oxygens (including phenoxy) is 1. The molecule has 0 bridgehead atoms. The number of nitrogens with one attached hydrogen (secondary N) is 2. The van der Waals surface area contributed by atoms with Gasteiger partial charge >= 0.3 is 0 Å². The molecule has 0 aliphatic heterocycles. The maximum absolute atomic E-state index is 12.0. The average Bonchev–Trinajstić information content (AvgIpc) is 2.61. The van der Waals surface area contributed by atoms with Gasteiger partial charge in [-0.15, -0.1) is 6.42 Å². The summed E-state index contributed by atoms with van der Waals surface area (Å²) < 4.78 is 5.49. The van der Waals surface area contributed by atoms with Gasteiger partial charge in [-0.2, -0.15) is 0 Å². The van der Waals surface area contributed by atoms with E-state index in [2.05, 4.69) is 16.6 Å². The molecule has 0 aliphatic carbocycles. The van der Waals surface area contributed by atoms with Crippen molar-refractivity contribution in [3.63, 3.8) is 0 Å². The number of hydrogen-bond acceptors (Lipinski definition) is 3. The van der Waals surface area contributed by atoms with Gasteiger partial charge in [-0.05, 0) is 37.3 Å². The van der Waals surface area contributed by atoms with Crippen molar-refractivity contribution in [2.45, 2.75) is 13.0 Å². The molecule has 0 aromatic heterocycles. The van der Waals surface area contributed by atoms with Gasteiger partial charge in [0.2, 0.25) is 5.91 Å². The highest BCUT2D eigenvalue weighted by atomic mass is 35.5. The lowest BCUT2D eigenvalue weighted by Gasteiger charge is -2.15. The van der Waals surface area contributed by atoms with E-state index in [1.807, 2.05) is 0 Å². The van der Waals surface area contributed by atoms with Crippen LogP contribution in [0.5, 0.6) is 5.75 Å². The van der Waals surface area contributed by atoms with E-state index in [-0.39, 0.29) is 12.5 Å². The van der Waals surface area contributed by atoms with E-state index < -0.39 is 12.0 Å². The van der Waals surface area contributed by atoms with Crippen LogP contribution in [-0.2, 0) is 9.59 Å². The Kier molecular flexibility index (Phi) is 6.44. The maximum atomic E-state index is 12.0. The van der Waals surface area contributed by atoms with Crippen LogP contribution >= 0.6 is 11.6 Å². The van der Waals surface area contributed by atoms with Crippen molar-refractivity contribution in [2.24, 2.45) is 0 Å². The van der Waals surface area contributed by atoms with Crippen molar-refractivity contribution >= 4 is 29.1 Å². The van der Waals surface area contributed by atoms with Crippen molar-refractivity contribution in [1.29, 1.82) is 0 Å². The van der Waals surface area contributed by atoms with Crippen molar-refractivity contribution < 1.29 is 14.3 Å². The highest BCUT2D eigenvalue weighted by Gasteiger charge is 2.16. The normalized spacial score (nSPS) is 11.1. The van der Waals surface area contributed by atoms with Gasteiger partial charge in [-0.25, -0.2) is 0 Å². The maximum Gasteiger partial charge on any atom is 0.261 e. The van der Waals surface area contributed by atoms with E-state index in [0.29, 0.717) is 22.0 Å². The number of amides is 2. The van der Waals surface area contributed by atoms with Crippen molar-refractivity contribution in [2.75, 3.05) is 11.9 Å². The Balaban J connectivity index is 1.83. The monoisotopic (exact) mass is 356 g/mol. The molecular formula is C19H17ClN2O3. The molecule has 1 atom stereocenters. The molecule has 0 saturated carbocycles. The minimum atomic E-state index is -0.794. The Morgan fingerprint density at radius 3 is 2.72 bits per heavy atom. The summed E-state index contributed by atoms with van der Waals surface area (Å²) in [6.07, 6.45) is 4.52. The number of terminal acetylenes is 1. The molecule has 5 nitrogen and oxygen atoms in total. The minimum absolute atomic E-state index is 0.185. The zero-order valence-corrected chi connectivity index (χ0v) is 14.3. The Morgan fingerprint density at radius 1 is 1.24 bits per heavy atom. The minimum Gasteiger partial charge on any atom is -0.479 e. The van der Waals surface area contributed by atoms with E-state index >= 15 is 0 Å². The molecule has 0 saturated heterocycles. The van der Waals surface area contributed by atoms with Crippen LogP contribution in [0.15, 0.2) is 48.5 Å². The van der Waals surface area contributed by atoms with Crippen LogP contribution in [0.2, 0.25) is 5.02 Å². The summed E-state index contributed by atoms with van der Waals surface area (Å²) in [7, 11) is 0. The summed E-state index contributed by atoms with van der Waals surface area (Å²) in [5.74, 6) is 2.10. The quantitative estimate of drug-likeness (QED) is 0.782. The van der Waals surface area contributed by atoms with E-state index in [1.54, 1.807) is 55.5 Å². The molecule has 0 spiro atoms. The van der Waals surface area contributed by atoms with E-state index in [4.69, 9.17) is 22.8 Å². The van der Waals surface area contributed by atoms with Gasteiger partial charge in [0.15, 0.2) is 6.10 Å². The molecule has 0 radical (unpaired) electrons. The highest BCUT2D eigenvalue weighted by Crippen LogP contribution is 2.24. The van der Waals surface area contributed by atoms with Crippen LogP contribution in [0.1, 0.15) is 12.5 Å². The van der Waals surface area contributed by atoms with Gasteiger partial charge in [0.1, 0.15) is 5.75 Å². The lowest BCUT2D eigenvalue weighted by atomic mass is 10.2. The van der Waals surface area contributed by atoms with Gasteiger partial charge in [0.25, 0.3) is 5.91 Å². The Hall–Kier alpha value is -2.97. The first-order chi connectivity index (χ1) is 12.0. The molecule has 0 unspecified atom stereocenters. The Labute approximate surface area is 151 Å². The van der Waals surface area contributed by atoms with Crippen LogP contribution < -0.4 is 15.4 Å². The number of anilines is 1. The van der Waals surface area contributed by atoms with E-state index in [9.17, 15) is 9.59 Å². The van der Waals surface area contributed by atoms with Crippen LogP contribution in [0.3, 0.4) is 0 Å². The smallest absolute Gasteiger partial charge is 0.261 e. The molecule has 2 aromatic rings. The number of hydrogen-bond donors (Lipinski definition) is 2. The van der Waals surface area contributed by atoms with Gasteiger partial charge in [-0.1, -0.05) is 35.7 Å². The van der Waals surface area contributed by atoms with Crippen molar-refractivity contribution in [3.05, 3.63) is 59.1 Å². The highest BCUT2D eigenvalue weighted by molar-refractivity contribution is 6.32. The average molecular weight is 357 g/mol. The third kappa shape index (κ3) is 5.55. The van der Waals surface area contributed by atoms with E-state index in [0.717, 1.165) is 0 Å². The zero-order chi connectivity index (χ0) is 18.2. The SMILES string of the molecule is C#Cc1cccc(NC(=O)CNC(=O)[C@H](C)Oc2ccccc2Cl)c1. The van der Waals surface area contributed by atoms with Crippen LogP contribution in [0.25, 0.3) is 0 Å². The summed E-state index contributed by atoms with van der Waals surface area (Å²) in [6.45, 7) is 1.39. The fourth-order valence-electron chi connectivity index (χ4n) is 1.99. The largest absolute Gasteiger partial charge is 0.479 e. The lowest BCUT2D eigenvalue weighted by Crippen LogP contribution is -2.40. The molecule has 128 valence electrons. The summed E-state index contributed by atoms with van der Waals surface area (Å²) in [5, 5.41) is 5.58. The third-order valence-electron chi connectivity index (χ3n) is 3.25. The number of halogens is 1. The fraction of sp³-hybridized carbons (Fsp3) is 0.158. The fourth-order valence-corrected chi connectivity index (χ4v) is 2.17. The molecule has 0 heterocycles. The van der Waals surface area contributed by atoms with Crippen molar-refractivity contribution in [1.82, 2.24) is 5.32 Å². The predicted molar refractivity (Wildman–Crippen MR) is 97.6 cm³/mol. The number of carbonyl (C=O) groups excluding carboxylic acids is 2. The topological polar surface area (TPSA) is 67.4 Å². The third-order valence-corrected chi connectivity index (χ3v) is 3.56. The number of carbonyl (C=O) groups is 2. The predicted octanol–water partition coefficient (Wildman–Crippen LogP) is 2.84. The van der Waals surface area contributed by atoms with Crippen LogP contribution in [-0.4, -0.2) is 24.5 Å². The molecule has 2 amide bonds. The van der Waals surface area contributed by atoms with Gasteiger partial charge < -0.3 is 15.4 Å². The zero-order valence-electron chi connectivity index (χ0n) is 13.6. The summed E-state index contributed by atoms with van der Waals surface area (Å²) in [4.78, 5) is 23.9. The van der Waals surface area contributed by atoms with Crippen LogP contribution in [0.4, 0.5) is 5.69 Å². The lowest BCUT2D eigenvalue weighted by molar-refractivity contribution is -0.129. The summed E-state index contributed by atoms with van der Waals surface area (Å²) >= 11 is 5.98. The van der Waals surface area contributed by atoms with Gasteiger partial charge in [0.05, 0.1) is 11.6 Å². The van der Waals surface area contributed by atoms with Crippen LogP contribution in [0, 0.1) is 12.3 Å². The summed E-state index contributed by atoms with van der Waals surface area (Å²) in [5.41, 5.74) is 1.22.